The van der Waals surface area contributed by atoms with Gasteiger partial charge in [-0.2, -0.15) is 0 Å². The summed E-state index contributed by atoms with van der Waals surface area (Å²) in [6.45, 7) is 3.23. The maximum atomic E-state index is 13.0. The number of thioether (sulfide) groups is 1. The molecule has 3 N–H and O–H groups in total. The lowest BCUT2D eigenvalue weighted by molar-refractivity contribution is -0.125. The van der Waals surface area contributed by atoms with Crippen LogP contribution in [0.25, 0.3) is 0 Å². The summed E-state index contributed by atoms with van der Waals surface area (Å²) in [6, 6.07) is 6.01. The summed E-state index contributed by atoms with van der Waals surface area (Å²) in [6.07, 6.45) is 1.49. The second kappa shape index (κ2) is 11.3. The summed E-state index contributed by atoms with van der Waals surface area (Å²) in [5.74, 6) is 0.117. The van der Waals surface area contributed by atoms with Gasteiger partial charge in [-0.15, -0.1) is 11.8 Å². The van der Waals surface area contributed by atoms with E-state index in [9.17, 15) is 18.8 Å². The first-order valence-corrected chi connectivity index (χ1v) is 11.6. The molecule has 0 spiro atoms. The van der Waals surface area contributed by atoms with Crippen LogP contribution in [-0.4, -0.2) is 60.1 Å². The molecule has 2 heterocycles. The van der Waals surface area contributed by atoms with E-state index < -0.39 is 0 Å². The van der Waals surface area contributed by atoms with Crippen LogP contribution in [0.15, 0.2) is 24.3 Å². The summed E-state index contributed by atoms with van der Waals surface area (Å²) in [7, 11) is 0. The molecule has 31 heavy (non-hydrogen) atoms. The molecule has 0 saturated carbocycles. The highest BCUT2D eigenvalue weighted by Gasteiger charge is 2.29. The molecule has 3 amide bonds. The lowest BCUT2D eigenvalue weighted by Gasteiger charge is -2.33. The van der Waals surface area contributed by atoms with E-state index in [-0.39, 0.29) is 54.1 Å². The van der Waals surface area contributed by atoms with E-state index in [4.69, 9.17) is 4.74 Å². The second-order valence-corrected chi connectivity index (χ2v) is 8.78. The molecule has 2 aliphatic rings. The Morgan fingerprint density at radius 1 is 1.26 bits per heavy atom. The molecule has 8 nitrogen and oxygen atoms in total. The zero-order valence-corrected chi connectivity index (χ0v) is 18.4. The number of piperidine rings is 1. The van der Waals surface area contributed by atoms with E-state index >= 15 is 0 Å². The van der Waals surface area contributed by atoms with Crippen molar-refractivity contribution >= 4 is 29.7 Å². The first-order valence-electron chi connectivity index (χ1n) is 10.6. The molecule has 0 radical (unpaired) electrons. The van der Waals surface area contributed by atoms with Gasteiger partial charge in [-0.3, -0.25) is 14.9 Å². The molecule has 170 valence electrons. The van der Waals surface area contributed by atoms with E-state index in [1.54, 1.807) is 24.0 Å². The SMILES string of the molecule is CCOC(=O)N1CCC(NC(=O)CC2CC(=O)NC(SCc3ccc(F)cc3)N2)CC1. The van der Waals surface area contributed by atoms with E-state index in [0.717, 1.165) is 5.56 Å². The molecule has 2 atom stereocenters. The van der Waals surface area contributed by atoms with Gasteiger partial charge in [0.2, 0.25) is 11.8 Å². The molecule has 2 fully saturated rings. The fraction of sp³-hybridized carbons (Fsp3) is 0.571. The summed E-state index contributed by atoms with van der Waals surface area (Å²) in [5.41, 5.74) is 0.647. The minimum absolute atomic E-state index is 0.0132. The van der Waals surface area contributed by atoms with E-state index in [0.29, 0.717) is 38.3 Å². The van der Waals surface area contributed by atoms with Gasteiger partial charge in [-0.1, -0.05) is 12.1 Å². The molecular formula is C21H29FN4O4S. The summed E-state index contributed by atoms with van der Waals surface area (Å²) < 4.78 is 18.0. The van der Waals surface area contributed by atoms with Crippen molar-refractivity contribution in [2.75, 3.05) is 19.7 Å². The van der Waals surface area contributed by atoms with E-state index in [2.05, 4.69) is 16.0 Å². The minimum atomic E-state index is -0.311. The number of carbonyl (C=O) groups is 3. The monoisotopic (exact) mass is 452 g/mol. The van der Waals surface area contributed by atoms with Gasteiger partial charge in [-0.05, 0) is 37.5 Å². The van der Waals surface area contributed by atoms with Gasteiger partial charge in [-0.25, -0.2) is 9.18 Å². The van der Waals surface area contributed by atoms with Crippen molar-refractivity contribution in [1.82, 2.24) is 20.9 Å². The number of benzene rings is 1. The first kappa shape index (κ1) is 23.3. The number of amides is 3. The highest BCUT2D eigenvalue weighted by atomic mass is 32.2. The summed E-state index contributed by atoms with van der Waals surface area (Å²) in [5, 5.41) is 9.18. The smallest absolute Gasteiger partial charge is 0.409 e. The van der Waals surface area contributed by atoms with Crippen LogP contribution in [0.2, 0.25) is 0 Å². The summed E-state index contributed by atoms with van der Waals surface area (Å²) in [4.78, 5) is 38.0. The summed E-state index contributed by atoms with van der Waals surface area (Å²) >= 11 is 1.49. The molecule has 1 aromatic rings. The highest BCUT2D eigenvalue weighted by molar-refractivity contribution is 7.99. The van der Waals surface area contributed by atoms with Crippen molar-refractivity contribution in [3.05, 3.63) is 35.6 Å². The fourth-order valence-electron chi connectivity index (χ4n) is 3.66. The maximum absolute atomic E-state index is 13.0. The van der Waals surface area contributed by atoms with Crippen LogP contribution < -0.4 is 16.0 Å². The Hall–Kier alpha value is -2.33. The van der Waals surface area contributed by atoms with Gasteiger partial charge in [0.25, 0.3) is 0 Å². The average molecular weight is 453 g/mol. The lowest BCUT2D eigenvalue weighted by Crippen LogP contribution is -2.56. The van der Waals surface area contributed by atoms with E-state index in [1.165, 1.54) is 23.9 Å². The zero-order chi connectivity index (χ0) is 22.2. The molecule has 10 heteroatoms. The molecule has 2 saturated heterocycles. The Kier molecular flexibility index (Phi) is 8.53. The largest absolute Gasteiger partial charge is 0.450 e. The number of hydrogen-bond donors (Lipinski definition) is 3. The lowest BCUT2D eigenvalue weighted by atomic mass is 10.0. The van der Waals surface area contributed by atoms with Crippen LogP contribution in [0.4, 0.5) is 9.18 Å². The van der Waals surface area contributed by atoms with Crippen molar-refractivity contribution in [2.45, 2.75) is 55.9 Å². The van der Waals surface area contributed by atoms with Gasteiger partial charge in [0.1, 0.15) is 11.3 Å². The number of likely N-dealkylation sites (tertiary alicyclic amines) is 1. The number of ether oxygens (including phenoxy) is 1. The average Bonchev–Trinajstić information content (AvgIpc) is 2.73. The Morgan fingerprint density at radius 2 is 1.97 bits per heavy atom. The minimum Gasteiger partial charge on any atom is -0.450 e. The van der Waals surface area contributed by atoms with Crippen molar-refractivity contribution in [1.29, 1.82) is 0 Å². The normalized spacial score (nSPS) is 22.0. The Balaban J connectivity index is 1.40. The number of carbonyl (C=O) groups excluding carboxylic acids is 3. The predicted octanol–water partition coefficient (Wildman–Crippen LogP) is 1.95. The maximum Gasteiger partial charge on any atom is 0.409 e. The Bertz CT molecular complexity index is 771. The highest BCUT2D eigenvalue weighted by Crippen LogP contribution is 2.19. The van der Waals surface area contributed by atoms with Gasteiger partial charge < -0.3 is 20.3 Å². The van der Waals surface area contributed by atoms with Crippen LogP contribution in [0, 0.1) is 5.82 Å². The zero-order valence-electron chi connectivity index (χ0n) is 17.6. The third-order valence-corrected chi connectivity index (χ3v) is 6.35. The van der Waals surface area contributed by atoms with Gasteiger partial charge in [0, 0.05) is 43.8 Å². The fourth-order valence-corrected chi connectivity index (χ4v) is 4.71. The molecule has 0 aromatic heterocycles. The van der Waals surface area contributed by atoms with Crippen LogP contribution in [0.5, 0.6) is 0 Å². The number of hydrogen-bond acceptors (Lipinski definition) is 6. The number of nitrogens with zero attached hydrogens (tertiary/aromatic N) is 1. The van der Waals surface area contributed by atoms with Crippen LogP contribution in [0.3, 0.4) is 0 Å². The van der Waals surface area contributed by atoms with Crippen LogP contribution in [-0.2, 0) is 20.1 Å². The topological polar surface area (TPSA) is 99.8 Å². The third kappa shape index (κ3) is 7.39. The van der Waals surface area contributed by atoms with Gasteiger partial charge in [0.15, 0.2) is 0 Å². The molecule has 0 aliphatic carbocycles. The molecule has 2 aliphatic heterocycles. The van der Waals surface area contributed by atoms with Gasteiger partial charge >= 0.3 is 6.09 Å². The predicted molar refractivity (Wildman–Crippen MR) is 116 cm³/mol. The first-order chi connectivity index (χ1) is 14.9. The molecule has 0 bridgehead atoms. The van der Waals surface area contributed by atoms with Crippen LogP contribution >= 0.6 is 11.8 Å². The van der Waals surface area contributed by atoms with Crippen LogP contribution in [0.1, 0.15) is 38.2 Å². The quantitative estimate of drug-likeness (QED) is 0.585. The van der Waals surface area contributed by atoms with E-state index in [1.807, 2.05) is 0 Å². The molecular weight excluding hydrogens is 423 g/mol. The molecule has 3 rings (SSSR count). The number of rotatable bonds is 7. The Labute approximate surface area is 185 Å². The van der Waals surface area contributed by atoms with Gasteiger partial charge in [0.05, 0.1) is 6.61 Å². The Morgan fingerprint density at radius 3 is 2.65 bits per heavy atom. The van der Waals surface area contributed by atoms with Crippen molar-refractivity contribution < 1.29 is 23.5 Å². The number of halogens is 1. The molecule has 2 unspecified atom stereocenters. The number of nitrogens with one attached hydrogen (secondary N) is 3. The van der Waals surface area contributed by atoms with Crippen molar-refractivity contribution in [3.63, 3.8) is 0 Å². The van der Waals surface area contributed by atoms with Crippen molar-refractivity contribution in [3.8, 4) is 0 Å². The van der Waals surface area contributed by atoms with Crippen molar-refractivity contribution in [2.24, 2.45) is 0 Å². The molecule has 1 aromatic carbocycles. The second-order valence-electron chi connectivity index (χ2n) is 7.68. The standard InChI is InChI=1S/C21H29FN4O4S/c1-2-30-21(29)26-9-7-16(8-10-26)23-18(27)11-17-12-19(28)25-20(24-17)31-13-14-3-5-15(22)6-4-14/h3-6,16-17,20,24H,2,7-13H2,1H3,(H,23,27)(H,25,28). The third-order valence-electron chi connectivity index (χ3n) is 5.26.